The molecule has 0 spiro atoms. The van der Waals surface area contributed by atoms with Crippen LogP contribution in [0.5, 0.6) is 0 Å². The molecule has 4 aliphatic rings. The zero-order valence-corrected chi connectivity index (χ0v) is 17.1. The van der Waals surface area contributed by atoms with Gasteiger partial charge < -0.3 is 5.11 Å². The fourth-order valence-electron chi connectivity index (χ4n) is 7.24. The number of rotatable bonds is 1. The summed E-state index contributed by atoms with van der Waals surface area (Å²) in [6.45, 7) is 6.09. The van der Waals surface area contributed by atoms with Gasteiger partial charge in [0.05, 0.1) is 4.48 Å². The largest absolute Gasteiger partial charge is 0.382 e. The first-order valence-corrected chi connectivity index (χ1v) is 10.6. The van der Waals surface area contributed by atoms with E-state index in [1.807, 2.05) is 0 Å². The fraction of sp³-hybridized carbons (Fsp3) is 0.810. The number of hydrogen-bond donors (Lipinski definition) is 1. The molecule has 5 unspecified atom stereocenters. The molecular weight excluding hydrogens is 380 g/mol. The van der Waals surface area contributed by atoms with E-state index in [4.69, 9.17) is 0 Å². The molecule has 0 saturated heterocycles. The summed E-state index contributed by atoms with van der Waals surface area (Å²) in [6.07, 6.45) is 7.23. The maximum absolute atomic E-state index is 12.3. The highest BCUT2D eigenvalue weighted by atomic mass is 79.9. The van der Waals surface area contributed by atoms with Crippen molar-refractivity contribution in [1.29, 1.82) is 0 Å². The third-order valence-electron chi connectivity index (χ3n) is 8.79. The number of fused-ring (bicyclic) bond motifs is 5. The quantitative estimate of drug-likeness (QED) is 0.691. The first kappa shape index (κ1) is 17.9. The monoisotopic (exact) mass is 408 g/mol. The second kappa shape index (κ2) is 5.51. The van der Waals surface area contributed by atoms with Crippen LogP contribution in [0.2, 0.25) is 0 Å². The van der Waals surface area contributed by atoms with Gasteiger partial charge in [-0.2, -0.15) is 0 Å². The topological polar surface area (TPSA) is 54.4 Å². The maximum atomic E-state index is 12.3. The Morgan fingerprint density at radius 3 is 2.44 bits per heavy atom. The van der Waals surface area contributed by atoms with E-state index in [0.717, 1.165) is 43.0 Å². The van der Waals surface area contributed by atoms with Crippen LogP contribution in [-0.2, 0) is 9.59 Å². The van der Waals surface area contributed by atoms with Gasteiger partial charge in [0.25, 0.3) is 0 Å². The molecule has 4 heteroatoms. The summed E-state index contributed by atoms with van der Waals surface area (Å²) >= 11 is 3.60. The van der Waals surface area contributed by atoms with Crippen molar-refractivity contribution in [2.45, 2.75) is 77.7 Å². The van der Waals surface area contributed by atoms with Gasteiger partial charge in [-0.15, -0.1) is 0 Å². The highest BCUT2D eigenvalue weighted by Gasteiger charge is 2.65. The fourth-order valence-corrected chi connectivity index (χ4v) is 8.09. The molecule has 0 bridgehead atoms. The lowest BCUT2D eigenvalue weighted by Crippen LogP contribution is -2.57. The minimum Gasteiger partial charge on any atom is -0.382 e. The third kappa shape index (κ3) is 2.13. The molecule has 0 aromatic carbocycles. The number of aliphatic hydroxyl groups is 1. The maximum Gasteiger partial charge on any atom is 0.169 e. The summed E-state index contributed by atoms with van der Waals surface area (Å²) in [4.78, 5) is 24.4. The van der Waals surface area contributed by atoms with E-state index in [0.29, 0.717) is 30.6 Å². The molecule has 0 aromatic rings. The van der Waals surface area contributed by atoms with Crippen molar-refractivity contribution in [3.8, 4) is 0 Å². The smallest absolute Gasteiger partial charge is 0.169 e. The molecule has 6 atom stereocenters. The van der Waals surface area contributed by atoms with Crippen molar-refractivity contribution in [2.75, 3.05) is 0 Å². The van der Waals surface area contributed by atoms with Gasteiger partial charge in [0.15, 0.2) is 11.6 Å². The van der Waals surface area contributed by atoms with Gasteiger partial charge in [0.1, 0.15) is 5.60 Å². The third-order valence-corrected chi connectivity index (χ3v) is 9.71. The molecule has 0 amide bonds. The molecule has 3 saturated carbocycles. The van der Waals surface area contributed by atoms with Crippen LogP contribution in [-0.4, -0.2) is 22.3 Å². The predicted octanol–water partition coefficient (Wildman–Crippen LogP) is 4.56. The summed E-state index contributed by atoms with van der Waals surface area (Å²) < 4.78 is 0.847. The predicted molar refractivity (Wildman–Crippen MR) is 100 cm³/mol. The molecule has 1 N–H and O–H groups in total. The number of allylic oxidation sites excluding steroid dienone is 1. The van der Waals surface area contributed by atoms with Gasteiger partial charge in [-0.3, -0.25) is 9.59 Å². The number of carbonyl (C=O) groups is 2. The van der Waals surface area contributed by atoms with Crippen LogP contribution in [0.4, 0.5) is 0 Å². The van der Waals surface area contributed by atoms with Crippen molar-refractivity contribution in [3.05, 3.63) is 10.1 Å². The average molecular weight is 409 g/mol. The Hall–Kier alpha value is -0.480. The molecule has 4 aliphatic carbocycles. The summed E-state index contributed by atoms with van der Waals surface area (Å²) in [5, 5.41) is 11.2. The Kier molecular flexibility index (Phi) is 3.95. The normalized spacial score (nSPS) is 49.5. The van der Waals surface area contributed by atoms with Gasteiger partial charge in [0, 0.05) is 11.8 Å². The highest BCUT2D eigenvalue weighted by molar-refractivity contribution is 9.12. The molecule has 138 valence electrons. The summed E-state index contributed by atoms with van der Waals surface area (Å²) in [6, 6.07) is 0. The molecule has 0 aliphatic heterocycles. The Morgan fingerprint density at radius 1 is 1.08 bits per heavy atom. The van der Waals surface area contributed by atoms with Gasteiger partial charge in [-0.05, 0) is 96.5 Å². The number of ketones is 2. The number of halogens is 1. The van der Waals surface area contributed by atoms with Gasteiger partial charge in [-0.25, -0.2) is 0 Å². The van der Waals surface area contributed by atoms with Crippen LogP contribution in [0.3, 0.4) is 0 Å². The van der Waals surface area contributed by atoms with Crippen molar-refractivity contribution in [3.63, 3.8) is 0 Å². The second-order valence-electron chi connectivity index (χ2n) is 9.46. The van der Waals surface area contributed by atoms with Crippen molar-refractivity contribution < 1.29 is 14.7 Å². The summed E-state index contributed by atoms with van der Waals surface area (Å²) in [7, 11) is 0. The zero-order valence-electron chi connectivity index (χ0n) is 15.5. The van der Waals surface area contributed by atoms with Crippen LogP contribution in [0, 0.1) is 28.6 Å². The zero-order chi connectivity index (χ0) is 18.2. The molecule has 0 radical (unpaired) electrons. The Balaban J connectivity index is 1.72. The van der Waals surface area contributed by atoms with E-state index in [1.54, 1.807) is 6.92 Å². The van der Waals surface area contributed by atoms with E-state index in [1.165, 1.54) is 5.57 Å². The summed E-state index contributed by atoms with van der Waals surface area (Å²) in [5.74, 6) is 1.77. The van der Waals surface area contributed by atoms with Gasteiger partial charge >= 0.3 is 0 Å². The van der Waals surface area contributed by atoms with E-state index in [9.17, 15) is 14.7 Å². The van der Waals surface area contributed by atoms with Gasteiger partial charge in [0.2, 0.25) is 0 Å². The van der Waals surface area contributed by atoms with Crippen molar-refractivity contribution >= 4 is 27.5 Å². The lowest BCUT2D eigenvalue weighted by atomic mass is 9.46. The van der Waals surface area contributed by atoms with Crippen molar-refractivity contribution in [1.82, 2.24) is 0 Å². The second-order valence-corrected chi connectivity index (χ2v) is 10.3. The van der Waals surface area contributed by atoms with Crippen LogP contribution < -0.4 is 0 Å². The lowest BCUT2D eigenvalue weighted by Gasteiger charge is -2.59. The Morgan fingerprint density at radius 2 is 1.76 bits per heavy atom. The SMILES string of the molecule is CC(=O)[C@@]1(O)CCC2C3CCC4=C(Br)C(=O)CCC4(C)C3CCC21C. The number of carbonyl (C=O) groups excluding carboxylic acids is 2. The molecule has 0 heterocycles. The van der Waals surface area contributed by atoms with E-state index in [2.05, 4.69) is 29.8 Å². The molecule has 3 nitrogen and oxygen atoms in total. The molecule has 0 aromatic heterocycles. The van der Waals surface area contributed by atoms with E-state index in [-0.39, 0.29) is 22.4 Å². The standard InChI is InChI=1S/C21H29BrO3/c1-12(23)21(25)11-7-15-13-4-5-16-18(22)17(24)8-9-19(16,2)14(13)6-10-20(15,21)3/h13-15,25H,4-11H2,1-3H3/t13?,14?,15?,19?,20?,21-/m0/s1. The van der Waals surface area contributed by atoms with Crippen LogP contribution >= 0.6 is 15.9 Å². The highest BCUT2D eigenvalue weighted by Crippen LogP contribution is 2.68. The first-order valence-electron chi connectivity index (χ1n) is 9.81. The molecule has 4 rings (SSSR count). The first-order chi connectivity index (χ1) is 11.6. The number of hydrogen-bond acceptors (Lipinski definition) is 3. The van der Waals surface area contributed by atoms with Gasteiger partial charge in [-0.1, -0.05) is 13.8 Å². The molecule has 3 fully saturated rings. The summed E-state index contributed by atoms with van der Waals surface area (Å²) in [5.41, 5.74) is 0.0316. The van der Waals surface area contributed by atoms with E-state index < -0.39 is 5.60 Å². The molecular formula is C21H29BrO3. The van der Waals surface area contributed by atoms with Crippen LogP contribution in [0.25, 0.3) is 0 Å². The number of Topliss-reactive ketones (excluding diaryl/α,β-unsaturated/α-hetero) is 2. The van der Waals surface area contributed by atoms with E-state index >= 15 is 0 Å². The van der Waals surface area contributed by atoms with Crippen LogP contribution in [0.15, 0.2) is 10.1 Å². The Bertz CT molecular complexity index is 683. The minimum absolute atomic E-state index is 0.0513. The molecule has 25 heavy (non-hydrogen) atoms. The van der Waals surface area contributed by atoms with Crippen LogP contribution in [0.1, 0.15) is 72.1 Å². The minimum atomic E-state index is -1.14. The average Bonchev–Trinajstić information content (AvgIpc) is 2.84. The Labute approximate surface area is 158 Å². The van der Waals surface area contributed by atoms with Crippen molar-refractivity contribution in [2.24, 2.45) is 28.6 Å². The lowest BCUT2D eigenvalue weighted by molar-refractivity contribution is -0.160.